The number of carbonyl (C=O) groups is 1. The smallest absolute Gasteiger partial charge is 0.231 e. The second-order valence-corrected chi connectivity index (χ2v) is 4.56. The molecule has 0 aromatic carbocycles. The van der Waals surface area contributed by atoms with Gasteiger partial charge in [-0.3, -0.25) is 4.79 Å². The molecule has 0 aliphatic carbocycles. The molecule has 0 bridgehead atoms. The second kappa shape index (κ2) is 5.34. The van der Waals surface area contributed by atoms with Crippen LogP contribution >= 0.6 is 11.6 Å². The van der Waals surface area contributed by atoms with Crippen LogP contribution in [0.4, 0.5) is 11.9 Å². The van der Waals surface area contributed by atoms with Crippen molar-refractivity contribution in [1.82, 2.24) is 20.3 Å². The van der Waals surface area contributed by atoms with Crippen LogP contribution in [0.1, 0.15) is 19.8 Å². The molecular weight excluding hydrogens is 256 g/mol. The van der Waals surface area contributed by atoms with Crippen molar-refractivity contribution >= 4 is 29.4 Å². The summed E-state index contributed by atoms with van der Waals surface area (Å²) in [6, 6.07) is 0.216. The van der Waals surface area contributed by atoms with E-state index in [1.54, 1.807) is 0 Å². The first-order chi connectivity index (χ1) is 8.54. The molecule has 1 aromatic heterocycles. The molecule has 0 radical (unpaired) electrons. The topological polar surface area (TPSA) is 97.0 Å². The van der Waals surface area contributed by atoms with E-state index >= 15 is 0 Å². The summed E-state index contributed by atoms with van der Waals surface area (Å²) >= 11 is 5.74. The highest BCUT2D eigenvalue weighted by Crippen LogP contribution is 2.18. The summed E-state index contributed by atoms with van der Waals surface area (Å²) < 4.78 is 0. The van der Waals surface area contributed by atoms with Crippen LogP contribution in [-0.4, -0.2) is 40.0 Å². The lowest BCUT2D eigenvalue weighted by atomic mass is 10.1. The number of nitrogen functional groups attached to an aromatic ring is 1. The SMILES string of the molecule is CC(=O)NC1CCN(c2nc(N)nc(Cl)n2)CC1. The minimum atomic E-state index is 0.000833. The lowest BCUT2D eigenvalue weighted by Crippen LogP contribution is -2.44. The number of hydrogen-bond acceptors (Lipinski definition) is 6. The third-order valence-corrected chi connectivity index (χ3v) is 2.97. The van der Waals surface area contributed by atoms with E-state index < -0.39 is 0 Å². The average Bonchev–Trinajstić information content (AvgIpc) is 2.27. The summed E-state index contributed by atoms with van der Waals surface area (Å²) in [4.78, 5) is 24.8. The first-order valence-corrected chi connectivity index (χ1v) is 6.11. The summed E-state index contributed by atoms with van der Waals surface area (Å²) in [6.07, 6.45) is 1.70. The second-order valence-electron chi connectivity index (χ2n) is 4.22. The van der Waals surface area contributed by atoms with Gasteiger partial charge in [0.15, 0.2) is 0 Å². The number of anilines is 2. The first kappa shape index (κ1) is 12.8. The Labute approximate surface area is 110 Å². The van der Waals surface area contributed by atoms with E-state index in [0.29, 0.717) is 5.95 Å². The summed E-state index contributed by atoms with van der Waals surface area (Å²) in [6.45, 7) is 3.04. The molecule has 0 unspecified atom stereocenters. The Morgan fingerprint density at radius 1 is 1.39 bits per heavy atom. The van der Waals surface area contributed by atoms with Gasteiger partial charge >= 0.3 is 0 Å². The Balaban J connectivity index is 1.98. The molecule has 7 nitrogen and oxygen atoms in total. The normalized spacial score (nSPS) is 16.7. The molecule has 3 N–H and O–H groups in total. The van der Waals surface area contributed by atoms with Crippen LogP contribution in [0.3, 0.4) is 0 Å². The van der Waals surface area contributed by atoms with Gasteiger partial charge in [0.2, 0.25) is 23.1 Å². The number of aromatic nitrogens is 3. The minimum absolute atomic E-state index is 0.000833. The van der Waals surface area contributed by atoms with Gasteiger partial charge in [0.05, 0.1) is 0 Å². The Hall–Kier alpha value is -1.63. The van der Waals surface area contributed by atoms with Crippen molar-refractivity contribution < 1.29 is 4.79 Å². The molecule has 1 aromatic rings. The summed E-state index contributed by atoms with van der Waals surface area (Å²) in [5.74, 6) is 0.614. The molecule has 0 spiro atoms. The van der Waals surface area contributed by atoms with Gasteiger partial charge in [-0.25, -0.2) is 0 Å². The van der Waals surface area contributed by atoms with E-state index in [4.69, 9.17) is 17.3 Å². The summed E-state index contributed by atoms with van der Waals surface area (Å²) in [5.41, 5.74) is 5.53. The molecule has 2 rings (SSSR count). The molecule has 1 aliphatic rings. The number of carbonyl (C=O) groups excluding carboxylic acids is 1. The van der Waals surface area contributed by atoms with Gasteiger partial charge in [-0.2, -0.15) is 15.0 Å². The van der Waals surface area contributed by atoms with Crippen LogP contribution in [0, 0.1) is 0 Å². The predicted octanol–water partition coefficient (Wildman–Crippen LogP) is 0.212. The third-order valence-electron chi connectivity index (χ3n) is 2.80. The predicted molar refractivity (Wildman–Crippen MR) is 68.3 cm³/mol. The quantitative estimate of drug-likeness (QED) is 0.797. The maximum Gasteiger partial charge on any atom is 0.231 e. The highest BCUT2D eigenvalue weighted by Gasteiger charge is 2.22. The Morgan fingerprint density at radius 3 is 2.61 bits per heavy atom. The molecule has 1 amide bonds. The van der Waals surface area contributed by atoms with Crippen LogP contribution < -0.4 is 16.0 Å². The number of piperidine rings is 1. The van der Waals surface area contributed by atoms with Crippen LogP contribution in [0.2, 0.25) is 5.28 Å². The van der Waals surface area contributed by atoms with Gasteiger partial charge < -0.3 is 16.0 Å². The molecule has 98 valence electrons. The molecule has 2 heterocycles. The van der Waals surface area contributed by atoms with Crippen LogP contribution in [0.25, 0.3) is 0 Å². The maximum absolute atomic E-state index is 11.0. The molecule has 1 saturated heterocycles. The largest absolute Gasteiger partial charge is 0.368 e. The van der Waals surface area contributed by atoms with Crippen molar-refractivity contribution in [3.63, 3.8) is 0 Å². The minimum Gasteiger partial charge on any atom is -0.368 e. The van der Waals surface area contributed by atoms with Gasteiger partial charge in [-0.05, 0) is 24.4 Å². The highest BCUT2D eigenvalue weighted by atomic mass is 35.5. The van der Waals surface area contributed by atoms with Crippen LogP contribution in [-0.2, 0) is 4.79 Å². The fourth-order valence-corrected chi connectivity index (χ4v) is 2.17. The zero-order valence-electron chi connectivity index (χ0n) is 10.1. The average molecular weight is 271 g/mol. The molecule has 8 heteroatoms. The molecule has 1 aliphatic heterocycles. The van der Waals surface area contributed by atoms with E-state index in [1.807, 2.05) is 4.90 Å². The van der Waals surface area contributed by atoms with E-state index in [9.17, 15) is 4.79 Å². The van der Waals surface area contributed by atoms with Gasteiger partial charge in [-0.1, -0.05) is 0 Å². The van der Waals surface area contributed by atoms with Crippen molar-refractivity contribution in [2.24, 2.45) is 0 Å². The number of halogens is 1. The number of rotatable bonds is 2. The zero-order valence-corrected chi connectivity index (χ0v) is 10.8. The number of nitrogens with two attached hydrogens (primary N) is 1. The number of nitrogens with zero attached hydrogens (tertiary/aromatic N) is 4. The van der Waals surface area contributed by atoms with Gasteiger partial charge in [0.1, 0.15) is 0 Å². The Kier molecular flexibility index (Phi) is 3.81. The van der Waals surface area contributed by atoms with Crippen molar-refractivity contribution in [2.45, 2.75) is 25.8 Å². The summed E-state index contributed by atoms with van der Waals surface area (Å²) in [7, 11) is 0. The molecule has 1 fully saturated rings. The van der Waals surface area contributed by atoms with Crippen molar-refractivity contribution in [3.8, 4) is 0 Å². The van der Waals surface area contributed by atoms with Crippen LogP contribution in [0.15, 0.2) is 0 Å². The number of amides is 1. The number of hydrogen-bond donors (Lipinski definition) is 2. The molecule has 18 heavy (non-hydrogen) atoms. The standard InChI is InChI=1S/C10H15ClN6O/c1-6(18)13-7-2-4-17(5-3-7)10-15-8(11)14-9(12)16-10/h7H,2-5H2,1H3,(H,13,18)(H2,12,14,15,16). The maximum atomic E-state index is 11.0. The number of nitrogens with one attached hydrogen (secondary N) is 1. The molecule has 0 atom stereocenters. The molecule has 0 saturated carbocycles. The van der Waals surface area contributed by atoms with Crippen LogP contribution in [0.5, 0.6) is 0 Å². The highest BCUT2D eigenvalue weighted by molar-refractivity contribution is 6.28. The third kappa shape index (κ3) is 3.19. The van der Waals surface area contributed by atoms with E-state index in [-0.39, 0.29) is 23.2 Å². The summed E-state index contributed by atoms with van der Waals surface area (Å²) in [5, 5.41) is 3.01. The molecular formula is C10H15ClN6O. The van der Waals surface area contributed by atoms with Crippen molar-refractivity contribution in [2.75, 3.05) is 23.7 Å². The lowest BCUT2D eigenvalue weighted by molar-refractivity contribution is -0.119. The first-order valence-electron chi connectivity index (χ1n) is 5.73. The van der Waals surface area contributed by atoms with Crippen molar-refractivity contribution in [3.05, 3.63) is 5.28 Å². The van der Waals surface area contributed by atoms with Gasteiger partial charge in [-0.15, -0.1) is 0 Å². The van der Waals surface area contributed by atoms with Gasteiger partial charge in [0, 0.05) is 26.1 Å². The monoisotopic (exact) mass is 270 g/mol. The van der Waals surface area contributed by atoms with E-state index in [1.165, 1.54) is 6.92 Å². The zero-order chi connectivity index (χ0) is 13.1. The Bertz CT molecular complexity index is 426. The van der Waals surface area contributed by atoms with Gasteiger partial charge in [0.25, 0.3) is 0 Å². The Morgan fingerprint density at radius 2 is 2.06 bits per heavy atom. The van der Waals surface area contributed by atoms with E-state index in [2.05, 4.69) is 20.3 Å². The van der Waals surface area contributed by atoms with Crippen molar-refractivity contribution in [1.29, 1.82) is 0 Å². The fourth-order valence-electron chi connectivity index (χ4n) is 2.01. The fraction of sp³-hybridized carbons (Fsp3) is 0.600. The van der Waals surface area contributed by atoms with E-state index in [0.717, 1.165) is 25.9 Å². The lowest BCUT2D eigenvalue weighted by Gasteiger charge is -2.32.